The highest BCUT2D eigenvalue weighted by molar-refractivity contribution is 5.80. The van der Waals surface area contributed by atoms with Crippen LogP contribution in [0.1, 0.15) is 12.5 Å². The third-order valence-electron chi connectivity index (χ3n) is 4.88. The lowest BCUT2D eigenvalue weighted by molar-refractivity contribution is -0.127. The Labute approximate surface area is 180 Å². The average Bonchev–Trinajstić information content (AvgIpc) is 2.82. The van der Waals surface area contributed by atoms with Gasteiger partial charge in [0.15, 0.2) is 6.10 Å². The van der Waals surface area contributed by atoms with Crippen molar-refractivity contribution >= 4 is 16.9 Å². The van der Waals surface area contributed by atoms with Gasteiger partial charge < -0.3 is 14.8 Å². The van der Waals surface area contributed by atoms with Gasteiger partial charge >= 0.3 is 0 Å². The summed E-state index contributed by atoms with van der Waals surface area (Å²) >= 11 is 0. The van der Waals surface area contributed by atoms with Crippen molar-refractivity contribution in [3.05, 3.63) is 84.6 Å². The van der Waals surface area contributed by atoms with Crippen LogP contribution in [-0.4, -0.2) is 29.1 Å². The second kappa shape index (κ2) is 9.26. The molecule has 6 heteroatoms. The van der Waals surface area contributed by atoms with Crippen LogP contribution in [0.25, 0.3) is 22.3 Å². The molecule has 31 heavy (non-hydrogen) atoms. The molecule has 0 fully saturated rings. The highest BCUT2D eigenvalue weighted by atomic mass is 16.5. The van der Waals surface area contributed by atoms with E-state index in [1.54, 1.807) is 20.2 Å². The SMILES string of the molecule is COc1cccc(CNC(=O)[C@H](C)Oc2ccc(-c3cnc4ccccc4n3)cc2)c1. The van der Waals surface area contributed by atoms with Crippen molar-refractivity contribution in [1.29, 1.82) is 0 Å². The second-order valence-electron chi connectivity index (χ2n) is 7.10. The van der Waals surface area contributed by atoms with E-state index in [0.29, 0.717) is 12.3 Å². The van der Waals surface area contributed by atoms with Crippen LogP contribution in [0.4, 0.5) is 0 Å². The van der Waals surface area contributed by atoms with Crippen LogP contribution in [0.3, 0.4) is 0 Å². The molecular weight excluding hydrogens is 390 g/mol. The van der Waals surface area contributed by atoms with Gasteiger partial charge in [-0.1, -0.05) is 24.3 Å². The topological polar surface area (TPSA) is 73.3 Å². The molecule has 1 atom stereocenters. The lowest BCUT2D eigenvalue weighted by Crippen LogP contribution is -2.35. The van der Waals surface area contributed by atoms with Crippen molar-refractivity contribution in [2.24, 2.45) is 0 Å². The molecule has 4 rings (SSSR count). The van der Waals surface area contributed by atoms with Crippen LogP contribution < -0.4 is 14.8 Å². The predicted octanol–water partition coefficient (Wildman–Crippen LogP) is 4.39. The van der Waals surface area contributed by atoms with Crippen molar-refractivity contribution in [3.8, 4) is 22.8 Å². The number of nitrogens with one attached hydrogen (secondary N) is 1. The highest BCUT2D eigenvalue weighted by Crippen LogP contribution is 2.22. The lowest BCUT2D eigenvalue weighted by atomic mass is 10.1. The number of rotatable bonds is 7. The zero-order chi connectivity index (χ0) is 21.6. The van der Waals surface area contributed by atoms with E-state index in [-0.39, 0.29) is 5.91 Å². The molecule has 0 unspecified atom stereocenters. The van der Waals surface area contributed by atoms with E-state index in [0.717, 1.165) is 33.6 Å². The molecule has 1 amide bonds. The Kier molecular flexibility index (Phi) is 6.08. The van der Waals surface area contributed by atoms with Gasteiger partial charge in [-0.15, -0.1) is 0 Å². The van der Waals surface area contributed by atoms with E-state index in [4.69, 9.17) is 9.47 Å². The maximum Gasteiger partial charge on any atom is 0.261 e. The normalized spacial score (nSPS) is 11.7. The fourth-order valence-corrected chi connectivity index (χ4v) is 3.17. The van der Waals surface area contributed by atoms with Gasteiger partial charge in [-0.2, -0.15) is 0 Å². The molecule has 1 heterocycles. The Morgan fingerprint density at radius 1 is 0.968 bits per heavy atom. The summed E-state index contributed by atoms with van der Waals surface area (Å²) in [5, 5.41) is 2.89. The molecule has 0 saturated carbocycles. The minimum Gasteiger partial charge on any atom is -0.497 e. The molecule has 0 bridgehead atoms. The van der Waals surface area contributed by atoms with Gasteiger partial charge in [-0.25, -0.2) is 4.98 Å². The van der Waals surface area contributed by atoms with Crippen LogP contribution >= 0.6 is 0 Å². The molecule has 6 nitrogen and oxygen atoms in total. The van der Waals surface area contributed by atoms with E-state index >= 15 is 0 Å². The summed E-state index contributed by atoms with van der Waals surface area (Å²) in [6.07, 6.45) is 1.13. The van der Waals surface area contributed by atoms with Crippen LogP contribution in [0.15, 0.2) is 79.0 Å². The molecule has 1 N–H and O–H groups in total. The molecule has 0 aliphatic carbocycles. The van der Waals surface area contributed by atoms with Gasteiger partial charge in [0, 0.05) is 12.1 Å². The van der Waals surface area contributed by atoms with Gasteiger partial charge in [0.1, 0.15) is 11.5 Å². The third kappa shape index (κ3) is 4.98. The van der Waals surface area contributed by atoms with Gasteiger partial charge in [0.25, 0.3) is 5.91 Å². The molecule has 0 saturated heterocycles. The Hall–Kier alpha value is -3.93. The molecule has 0 spiro atoms. The fourth-order valence-electron chi connectivity index (χ4n) is 3.17. The number of para-hydroxylation sites is 2. The number of nitrogens with zero attached hydrogens (tertiary/aromatic N) is 2. The Balaban J connectivity index is 1.36. The summed E-state index contributed by atoms with van der Waals surface area (Å²) in [5.41, 5.74) is 4.39. The van der Waals surface area contributed by atoms with Crippen molar-refractivity contribution < 1.29 is 14.3 Å². The molecular formula is C25H23N3O3. The molecule has 4 aromatic rings. The first-order chi connectivity index (χ1) is 15.1. The van der Waals surface area contributed by atoms with Crippen LogP contribution in [0, 0.1) is 0 Å². The smallest absolute Gasteiger partial charge is 0.261 e. The third-order valence-corrected chi connectivity index (χ3v) is 4.88. The number of aromatic nitrogens is 2. The maximum absolute atomic E-state index is 12.4. The number of carbonyl (C=O) groups excluding carboxylic acids is 1. The molecule has 0 aliphatic rings. The number of carbonyl (C=O) groups is 1. The van der Waals surface area contributed by atoms with Crippen molar-refractivity contribution in [3.63, 3.8) is 0 Å². The first kappa shape index (κ1) is 20.3. The summed E-state index contributed by atoms with van der Waals surface area (Å²) in [6.45, 7) is 2.13. The molecule has 3 aromatic carbocycles. The molecule has 0 radical (unpaired) electrons. The van der Waals surface area contributed by atoms with E-state index in [1.807, 2.05) is 72.8 Å². The van der Waals surface area contributed by atoms with E-state index in [2.05, 4.69) is 15.3 Å². The van der Waals surface area contributed by atoms with Gasteiger partial charge in [-0.05, 0) is 61.0 Å². The van der Waals surface area contributed by atoms with E-state index in [9.17, 15) is 4.79 Å². The van der Waals surface area contributed by atoms with Crippen molar-refractivity contribution in [2.75, 3.05) is 7.11 Å². The monoisotopic (exact) mass is 413 g/mol. The van der Waals surface area contributed by atoms with Gasteiger partial charge in [0.05, 0.1) is 30.0 Å². The van der Waals surface area contributed by atoms with Gasteiger partial charge in [-0.3, -0.25) is 9.78 Å². The number of methoxy groups -OCH3 is 1. The zero-order valence-corrected chi connectivity index (χ0v) is 17.4. The summed E-state index contributed by atoms with van der Waals surface area (Å²) in [7, 11) is 1.62. The Morgan fingerprint density at radius 3 is 2.52 bits per heavy atom. The van der Waals surface area contributed by atoms with E-state index < -0.39 is 6.10 Å². The molecule has 0 aliphatic heterocycles. The van der Waals surface area contributed by atoms with Crippen molar-refractivity contribution in [1.82, 2.24) is 15.3 Å². The van der Waals surface area contributed by atoms with Crippen LogP contribution in [0.2, 0.25) is 0 Å². The second-order valence-corrected chi connectivity index (χ2v) is 7.10. The number of amides is 1. The molecule has 156 valence electrons. The predicted molar refractivity (Wildman–Crippen MR) is 120 cm³/mol. The first-order valence-corrected chi connectivity index (χ1v) is 10.0. The fraction of sp³-hybridized carbons (Fsp3) is 0.160. The minimum atomic E-state index is -0.628. The molecule has 1 aromatic heterocycles. The largest absolute Gasteiger partial charge is 0.497 e. The summed E-state index contributed by atoms with van der Waals surface area (Å²) < 4.78 is 11.0. The van der Waals surface area contributed by atoms with Crippen LogP contribution in [-0.2, 0) is 11.3 Å². The quantitative estimate of drug-likeness (QED) is 0.486. The maximum atomic E-state index is 12.4. The van der Waals surface area contributed by atoms with E-state index in [1.165, 1.54) is 0 Å². The summed E-state index contributed by atoms with van der Waals surface area (Å²) in [6, 6.07) is 22.8. The Morgan fingerprint density at radius 2 is 1.74 bits per heavy atom. The number of hydrogen-bond acceptors (Lipinski definition) is 5. The van der Waals surface area contributed by atoms with Crippen LogP contribution in [0.5, 0.6) is 11.5 Å². The van der Waals surface area contributed by atoms with Gasteiger partial charge in [0.2, 0.25) is 0 Å². The Bertz CT molecular complexity index is 1190. The summed E-state index contributed by atoms with van der Waals surface area (Å²) in [5.74, 6) is 1.18. The zero-order valence-electron chi connectivity index (χ0n) is 17.4. The summed E-state index contributed by atoms with van der Waals surface area (Å²) in [4.78, 5) is 21.5. The number of ether oxygens (including phenoxy) is 2. The number of benzene rings is 3. The van der Waals surface area contributed by atoms with Crippen molar-refractivity contribution in [2.45, 2.75) is 19.6 Å². The lowest BCUT2D eigenvalue weighted by Gasteiger charge is -2.15. The highest BCUT2D eigenvalue weighted by Gasteiger charge is 2.14. The average molecular weight is 413 g/mol. The first-order valence-electron chi connectivity index (χ1n) is 10.0. The number of fused-ring (bicyclic) bond motifs is 1. The number of hydrogen-bond donors (Lipinski definition) is 1. The standard InChI is InChI=1S/C25H23N3O3/c1-17(25(29)27-15-18-6-5-7-21(14-18)30-2)31-20-12-10-19(11-13-20)24-16-26-22-8-3-4-9-23(22)28-24/h3-14,16-17H,15H2,1-2H3,(H,27,29)/t17-/m0/s1. The minimum absolute atomic E-state index is 0.188.